The van der Waals surface area contributed by atoms with Gasteiger partial charge in [0.15, 0.2) is 6.79 Å². The summed E-state index contributed by atoms with van der Waals surface area (Å²) in [7, 11) is 1.56. The molecule has 0 radical (unpaired) electrons. The van der Waals surface area contributed by atoms with Gasteiger partial charge in [-0.05, 0) is 42.3 Å². The van der Waals surface area contributed by atoms with Crippen molar-refractivity contribution in [3.8, 4) is 28.4 Å². The van der Waals surface area contributed by atoms with E-state index >= 15 is 0 Å². The number of benzene rings is 2. The largest absolute Gasteiger partial charge is 0.507 e. The summed E-state index contributed by atoms with van der Waals surface area (Å²) in [6.45, 7) is 2.51. The minimum atomic E-state index is 0.103. The monoisotopic (exact) mass is 396 g/mol. The fourth-order valence-electron chi connectivity index (χ4n) is 2.95. The first-order chi connectivity index (χ1) is 14.0. The minimum Gasteiger partial charge on any atom is -0.507 e. The van der Waals surface area contributed by atoms with Gasteiger partial charge in [-0.2, -0.15) is 4.98 Å². The molecule has 0 aliphatic rings. The first kappa shape index (κ1) is 20.2. The van der Waals surface area contributed by atoms with Crippen LogP contribution in [0.5, 0.6) is 17.2 Å². The predicted octanol–water partition coefficient (Wildman–Crippen LogP) is 2.99. The Labute approximate surface area is 169 Å². The van der Waals surface area contributed by atoms with Gasteiger partial charge in [-0.15, -0.1) is 0 Å². The fourth-order valence-corrected chi connectivity index (χ4v) is 2.95. The molecule has 3 aromatic rings. The molecule has 0 saturated carbocycles. The lowest BCUT2D eigenvalue weighted by Crippen LogP contribution is -2.04. The third-order valence-electron chi connectivity index (χ3n) is 4.24. The molecule has 0 fully saturated rings. The number of aromatic nitrogens is 2. The van der Waals surface area contributed by atoms with Crippen LogP contribution >= 0.6 is 0 Å². The van der Waals surface area contributed by atoms with Crippen LogP contribution in [-0.2, 0) is 11.2 Å². The highest BCUT2D eigenvalue weighted by Crippen LogP contribution is 2.40. The third kappa shape index (κ3) is 4.85. The lowest BCUT2D eigenvalue weighted by atomic mass is 9.98. The van der Waals surface area contributed by atoms with Gasteiger partial charge in [-0.3, -0.25) is 0 Å². The molecule has 0 saturated heterocycles. The highest BCUT2D eigenvalue weighted by atomic mass is 16.7. The molecule has 0 atom stereocenters. The summed E-state index contributed by atoms with van der Waals surface area (Å²) in [5.74, 6) is 1.78. The van der Waals surface area contributed by atoms with Crippen molar-refractivity contribution in [3.63, 3.8) is 0 Å². The quantitative estimate of drug-likeness (QED) is 0.496. The van der Waals surface area contributed by atoms with E-state index in [1.54, 1.807) is 19.4 Å². The molecule has 8 heteroatoms. The number of nitrogen functional groups attached to an aromatic ring is 2. The number of phenolic OH excluding ortho intramolecular Hbond substituents is 1. The van der Waals surface area contributed by atoms with Gasteiger partial charge in [-0.1, -0.05) is 12.1 Å². The van der Waals surface area contributed by atoms with Crippen molar-refractivity contribution >= 4 is 11.8 Å². The Morgan fingerprint density at radius 1 is 1.07 bits per heavy atom. The van der Waals surface area contributed by atoms with Crippen molar-refractivity contribution in [1.29, 1.82) is 0 Å². The third-order valence-corrected chi connectivity index (χ3v) is 4.24. The van der Waals surface area contributed by atoms with Gasteiger partial charge in [0.25, 0.3) is 0 Å². The van der Waals surface area contributed by atoms with Crippen molar-refractivity contribution in [2.45, 2.75) is 13.3 Å². The summed E-state index contributed by atoms with van der Waals surface area (Å²) >= 11 is 0. The van der Waals surface area contributed by atoms with E-state index in [1.165, 1.54) is 0 Å². The van der Waals surface area contributed by atoms with E-state index < -0.39 is 0 Å². The zero-order valence-electron chi connectivity index (χ0n) is 16.4. The van der Waals surface area contributed by atoms with Crippen LogP contribution in [0.1, 0.15) is 18.1 Å². The van der Waals surface area contributed by atoms with Crippen molar-refractivity contribution < 1.29 is 19.3 Å². The van der Waals surface area contributed by atoms with Gasteiger partial charge < -0.3 is 30.8 Å². The normalized spacial score (nSPS) is 10.7. The van der Waals surface area contributed by atoms with Crippen molar-refractivity contribution in [1.82, 2.24) is 9.97 Å². The second-order valence-electron chi connectivity index (χ2n) is 6.31. The first-order valence-electron chi connectivity index (χ1n) is 9.09. The van der Waals surface area contributed by atoms with Crippen molar-refractivity contribution in [2.24, 2.45) is 0 Å². The highest BCUT2D eigenvalue weighted by Gasteiger charge is 2.15. The van der Waals surface area contributed by atoms with Crippen LogP contribution in [0.2, 0.25) is 0 Å². The predicted molar refractivity (Wildman–Crippen MR) is 111 cm³/mol. The summed E-state index contributed by atoms with van der Waals surface area (Å²) in [4.78, 5) is 7.96. The topological polar surface area (TPSA) is 126 Å². The Hall–Kier alpha value is -3.52. The summed E-state index contributed by atoms with van der Waals surface area (Å²) in [5, 5.41) is 10.7. The maximum absolute atomic E-state index is 10.7. The highest BCUT2D eigenvalue weighted by molar-refractivity contribution is 5.77. The Bertz CT molecular complexity index is 977. The maximum Gasteiger partial charge on any atom is 0.221 e. The number of aromatic hydroxyl groups is 1. The van der Waals surface area contributed by atoms with Crippen molar-refractivity contribution in [2.75, 3.05) is 32.0 Å². The van der Waals surface area contributed by atoms with Gasteiger partial charge >= 0.3 is 0 Å². The molecule has 2 aromatic carbocycles. The number of anilines is 2. The molecule has 29 heavy (non-hydrogen) atoms. The fraction of sp³-hybridized carbons (Fsp3) is 0.238. The van der Waals surface area contributed by atoms with E-state index in [2.05, 4.69) is 9.97 Å². The molecule has 1 aromatic heterocycles. The zero-order valence-corrected chi connectivity index (χ0v) is 16.4. The van der Waals surface area contributed by atoms with E-state index in [1.807, 2.05) is 37.3 Å². The Morgan fingerprint density at radius 2 is 1.83 bits per heavy atom. The van der Waals surface area contributed by atoms with Gasteiger partial charge in [-0.25, -0.2) is 4.98 Å². The van der Waals surface area contributed by atoms with E-state index in [-0.39, 0.29) is 18.5 Å². The average molecular weight is 396 g/mol. The number of nitrogens with zero attached hydrogens (tertiary/aromatic N) is 2. The smallest absolute Gasteiger partial charge is 0.221 e. The van der Waals surface area contributed by atoms with Crippen LogP contribution in [0.4, 0.5) is 11.8 Å². The molecule has 8 nitrogen and oxygen atoms in total. The van der Waals surface area contributed by atoms with Crippen LogP contribution in [0.25, 0.3) is 11.1 Å². The molecule has 0 spiro atoms. The molecule has 5 N–H and O–H groups in total. The van der Waals surface area contributed by atoms with E-state index in [0.29, 0.717) is 41.5 Å². The molecule has 3 rings (SSSR count). The summed E-state index contributed by atoms with van der Waals surface area (Å²) in [5.41, 5.74) is 14.4. The Kier molecular flexibility index (Phi) is 6.36. The number of phenols is 1. The molecule has 0 aliphatic heterocycles. The Morgan fingerprint density at radius 3 is 2.48 bits per heavy atom. The lowest BCUT2D eigenvalue weighted by molar-refractivity contribution is 0.0511. The van der Waals surface area contributed by atoms with Crippen LogP contribution in [0, 0.1) is 0 Å². The standard InChI is InChI=1S/C21H24N4O4/c1-3-28-18-10-13(8-15-11-24-21(23)25-20(15)22)9-17(26)19(18)14-4-6-16(7-5-14)29-12-27-2/h4-7,9-11,26H,3,8,12H2,1-2H3,(H4,22,23,24,25). The summed E-state index contributed by atoms with van der Waals surface area (Å²) in [6, 6.07) is 10.9. The summed E-state index contributed by atoms with van der Waals surface area (Å²) in [6.07, 6.45) is 2.02. The van der Waals surface area contributed by atoms with Crippen LogP contribution in [0.3, 0.4) is 0 Å². The summed E-state index contributed by atoms with van der Waals surface area (Å²) < 4.78 is 16.1. The number of hydrogen-bond acceptors (Lipinski definition) is 8. The Balaban J connectivity index is 1.94. The van der Waals surface area contributed by atoms with E-state index in [9.17, 15) is 5.11 Å². The number of methoxy groups -OCH3 is 1. The first-order valence-corrected chi connectivity index (χ1v) is 9.09. The van der Waals surface area contributed by atoms with Gasteiger partial charge in [0.05, 0.1) is 12.2 Å². The van der Waals surface area contributed by atoms with Gasteiger partial charge in [0.2, 0.25) is 5.95 Å². The molecule has 0 bridgehead atoms. The molecule has 0 unspecified atom stereocenters. The molecular weight excluding hydrogens is 372 g/mol. The molecule has 0 amide bonds. The SMILES string of the molecule is CCOc1cc(Cc2cnc(N)nc2N)cc(O)c1-c1ccc(OCOC)cc1. The zero-order chi connectivity index (χ0) is 20.8. The number of ether oxygens (including phenoxy) is 3. The second kappa shape index (κ2) is 9.11. The van der Waals surface area contributed by atoms with Crippen LogP contribution < -0.4 is 20.9 Å². The number of rotatable bonds is 8. The number of hydrogen-bond donors (Lipinski definition) is 3. The van der Waals surface area contributed by atoms with Crippen molar-refractivity contribution in [3.05, 3.63) is 53.7 Å². The molecule has 1 heterocycles. The van der Waals surface area contributed by atoms with Gasteiger partial charge in [0.1, 0.15) is 23.1 Å². The lowest BCUT2D eigenvalue weighted by Gasteiger charge is -2.15. The molecule has 152 valence electrons. The maximum atomic E-state index is 10.7. The van der Waals surface area contributed by atoms with E-state index in [4.69, 9.17) is 25.7 Å². The van der Waals surface area contributed by atoms with Gasteiger partial charge in [0, 0.05) is 25.3 Å². The number of nitrogens with two attached hydrogens (primary N) is 2. The second-order valence-corrected chi connectivity index (χ2v) is 6.31. The van der Waals surface area contributed by atoms with Crippen LogP contribution in [-0.4, -0.2) is 35.6 Å². The van der Waals surface area contributed by atoms with E-state index in [0.717, 1.165) is 11.1 Å². The molecule has 0 aliphatic carbocycles. The molecular formula is C21H24N4O4. The van der Waals surface area contributed by atoms with Crippen LogP contribution in [0.15, 0.2) is 42.6 Å². The average Bonchev–Trinajstić information content (AvgIpc) is 2.69. The minimum absolute atomic E-state index is 0.103.